The first-order valence-corrected chi connectivity index (χ1v) is 5.21. The highest BCUT2D eigenvalue weighted by Crippen LogP contribution is 2.21. The Morgan fingerprint density at radius 3 is 2.76 bits per heavy atom. The van der Waals surface area contributed by atoms with Crippen molar-refractivity contribution in [3.05, 3.63) is 29.1 Å². The minimum absolute atomic E-state index is 0.00758. The van der Waals surface area contributed by atoms with Gasteiger partial charge in [0.25, 0.3) is 6.43 Å². The molecule has 0 bridgehead atoms. The number of carbonyl (C=O) groups is 1. The Morgan fingerprint density at radius 1 is 1.53 bits per heavy atom. The molecule has 17 heavy (non-hydrogen) atoms. The Bertz CT molecular complexity index is 397. The van der Waals surface area contributed by atoms with Crippen LogP contribution in [0.2, 0.25) is 0 Å². The van der Waals surface area contributed by atoms with Crippen molar-refractivity contribution in [3.63, 3.8) is 0 Å². The number of esters is 1. The number of nitrogens with two attached hydrogens (primary N) is 1. The monoisotopic (exact) mass is 244 g/mol. The van der Waals surface area contributed by atoms with E-state index < -0.39 is 12.4 Å². The van der Waals surface area contributed by atoms with E-state index in [1.54, 1.807) is 6.92 Å². The quantitative estimate of drug-likeness (QED) is 0.799. The van der Waals surface area contributed by atoms with Crippen molar-refractivity contribution in [3.8, 4) is 0 Å². The van der Waals surface area contributed by atoms with Crippen LogP contribution in [0.5, 0.6) is 0 Å². The zero-order valence-electron chi connectivity index (χ0n) is 9.45. The third-order valence-electron chi connectivity index (χ3n) is 2.13. The van der Waals surface area contributed by atoms with Crippen LogP contribution in [-0.4, -0.2) is 17.6 Å². The van der Waals surface area contributed by atoms with E-state index in [9.17, 15) is 13.6 Å². The van der Waals surface area contributed by atoms with Gasteiger partial charge in [-0.05, 0) is 18.6 Å². The maximum absolute atomic E-state index is 12.6. The number of alkyl halides is 2. The van der Waals surface area contributed by atoms with Gasteiger partial charge in [0.1, 0.15) is 5.69 Å². The maximum Gasteiger partial charge on any atom is 0.311 e. The SMILES string of the molecule is CCOC(=O)Cc1ccc(CN)c(C(F)F)n1. The smallest absolute Gasteiger partial charge is 0.311 e. The van der Waals surface area contributed by atoms with Crippen LogP contribution in [-0.2, 0) is 22.5 Å². The van der Waals surface area contributed by atoms with E-state index in [2.05, 4.69) is 4.98 Å². The molecular weight excluding hydrogens is 230 g/mol. The molecule has 1 aromatic heterocycles. The molecule has 0 aromatic carbocycles. The summed E-state index contributed by atoms with van der Waals surface area (Å²) in [7, 11) is 0. The molecule has 2 N–H and O–H groups in total. The van der Waals surface area contributed by atoms with E-state index in [0.29, 0.717) is 0 Å². The Labute approximate surface area is 97.8 Å². The molecule has 1 heterocycles. The number of rotatable bonds is 5. The Balaban J connectivity index is 2.88. The molecule has 4 nitrogen and oxygen atoms in total. The first-order valence-electron chi connectivity index (χ1n) is 5.21. The largest absolute Gasteiger partial charge is 0.466 e. The summed E-state index contributed by atoms with van der Waals surface area (Å²) in [5.41, 5.74) is 5.50. The summed E-state index contributed by atoms with van der Waals surface area (Å²) in [6, 6.07) is 2.97. The fraction of sp³-hybridized carbons (Fsp3) is 0.455. The minimum atomic E-state index is -2.70. The molecule has 94 valence electrons. The summed E-state index contributed by atoms with van der Waals surface area (Å²) in [4.78, 5) is 14.9. The number of pyridine rings is 1. The zero-order valence-corrected chi connectivity index (χ0v) is 9.45. The summed E-state index contributed by atoms with van der Waals surface area (Å²) >= 11 is 0. The number of nitrogens with zero attached hydrogens (tertiary/aromatic N) is 1. The average molecular weight is 244 g/mol. The molecule has 0 aliphatic carbocycles. The van der Waals surface area contributed by atoms with Gasteiger partial charge in [0.05, 0.1) is 18.7 Å². The van der Waals surface area contributed by atoms with Gasteiger partial charge in [-0.3, -0.25) is 9.78 Å². The molecule has 0 spiro atoms. The van der Waals surface area contributed by atoms with Gasteiger partial charge in [0, 0.05) is 6.54 Å². The number of aromatic nitrogens is 1. The number of hydrogen-bond acceptors (Lipinski definition) is 4. The van der Waals surface area contributed by atoms with Crippen molar-refractivity contribution in [1.29, 1.82) is 0 Å². The van der Waals surface area contributed by atoms with Crippen LogP contribution >= 0.6 is 0 Å². The summed E-state index contributed by atoms with van der Waals surface area (Å²) in [5.74, 6) is -0.485. The van der Waals surface area contributed by atoms with Gasteiger partial charge in [0.15, 0.2) is 0 Å². The van der Waals surface area contributed by atoms with Crippen molar-refractivity contribution in [1.82, 2.24) is 4.98 Å². The lowest BCUT2D eigenvalue weighted by atomic mass is 10.1. The third-order valence-corrected chi connectivity index (χ3v) is 2.13. The van der Waals surface area contributed by atoms with Crippen LogP contribution < -0.4 is 5.73 Å². The van der Waals surface area contributed by atoms with Gasteiger partial charge in [-0.25, -0.2) is 8.78 Å². The van der Waals surface area contributed by atoms with Gasteiger partial charge in [-0.2, -0.15) is 0 Å². The molecule has 0 fully saturated rings. The average Bonchev–Trinajstić information content (AvgIpc) is 2.29. The van der Waals surface area contributed by atoms with Crippen LogP contribution in [0.25, 0.3) is 0 Å². The summed E-state index contributed by atoms with van der Waals surface area (Å²) < 4.78 is 30.0. The summed E-state index contributed by atoms with van der Waals surface area (Å²) in [5, 5.41) is 0. The second kappa shape index (κ2) is 6.24. The molecule has 0 saturated carbocycles. The van der Waals surface area contributed by atoms with Crippen LogP contribution in [0.3, 0.4) is 0 Å². The standard InChI is InChI=1S/C11H14F2N2O2/c1-2-17-9(16)5-8-4-3-7(6-14)10(15-8)11(12)13/h3-4,11H,2,5-6,14H2,1H3. The van der Waals surface area contributed by atoms with Crippen molar-refractivity contribution in [2.24, 2.45) is 5.73 Å². The van der Waals surface area contributed by atoms with E-state index in [1.807, 2.05) is 0 Å². The third kappa shape index (κ3) is 3.74. The van der Waals surface area contributed by atoms with Gasteiger partial charge in [0.2, 0.25) is 0 Å². The maximum atomic E-state index is 12.6. The predicted molar refractivity (Wildman–Crippen MR) is 57.4 cm³/mol. The van der Waals surface area contributed by atoms with Crippen LogP contribution in [0.4, 0.5) is 8.78 Å². The number of halogens is 2. The molecule has 0 saturated heterocycles. The summed E-state index contributed by atoms with van der Waals surface area (Å²) in [6.07, 6.45) is -2.81. The fourth-order valence-electron chi connectivity index (χ4n) is 1.37. The molecule has 1 rings (SSSR count). The topological polar surface area (TPSA) is 65.2 Å². The van der Waals surface area contributed by atoms with E-state index in [0.717, 1.165) is 0 Å². The Hall–Kier alpha value is -1.56. The van der Waals surface area contributed by atoms with E-state index in [-0.39, 0.29) is 36.5 Å². The van der Waals surface area contributed by atoms with Crippen LogP contribution in [0.15, 0.2) is 12.1 Å². The van der Waals surface area contributed by atoms with Gasteiger partial charge < -0.3 is 10.5 Å². The molecule has 0 atom stereocenters. The van der Waals surface area contributed by atoms with Crippen molar-refractivity contribution in [2.75, 3.05) is 6.61 Å². The second-order valence-corrected chi connectivity index (χ2v) is 3.33. The zero-order chi connectivity index (χ0) is 12.8. The first kappa shape index (κ1) is 13.5. The normalized spacial score (nSPS) is 10.6. The van der Waals surface area contributed by atoms with Gasteiger partial charge in [-0.1, -0.05) is 6.07 Å². The highest BCUT2D eigenvalue weighted by atomic mass is 19.3. The lowest BCUT2D eigenvalue weighted by Crippen LogP contribution is -2.11. The highest BCUT2D eigenvalue weighted by molar-refractivity contribution is 5.71. The summed E-state index contributed by atoms with van der Waals surface area (Å²) in [6.45, 7) is 1.92. The fourth-order valence-corrected chi connectivity index (χ4v) is 1.37. The Morgan fingerprint density at radius 2 is 2.24 bits per heavy atom. The van der Waals surface area contributed by atoms with Gasteiger partial charge in [-0.15, -0.1) is 0 Å². The molecule has 0 aliphatic rings. The van der Waals surface area contributed by atoms with Crippen LogP contribution in [0.1, 0.15) is 30.3 Å². The first-order chi connectivity index (χ1) is 8.08. The molecule has 0 radical (unpaired) electrons. The lowest BCUT2D eigenvalue weighted by Gasteiger charge is -2.08. The van der Waals surface area contributed by atoms with Crippen molar-refractivity contribution >= 4 is 5.97 Å². The highest BCUT2D eigenvalue weighted by Gasteiger charge is 2.16. The second-order valence-electron chi connectivity index (χ2n) is 3.33. The molecule has 0 amide bonds. The van der Waals surface area contributed by atoms with Crippen molar-refractivity contribution in [2.45, 2.75) is 26.3 Å². The number of ether oxygens (including phenoxy) is 1. The Kier molecular flexibility index (Phi) is 4.96. The lowest BCUT2D eigenvalue weighted by molar-refractivity contribution is -0.142. The molecule has 0 aliphatic heterocycles. The molecule has 0 unspecified atom stereocenters. The predicted octanol–water partition coefficient (Wildman–Crippen LogP) is 1.58. The minimum Gasteiger partial charge on any atom is -0.466 e. The van der Waals surface area contributed by atoms with Crippen LogP contribution in [0, 0.1) is 0 Å². The number of carbonyl (C=O) groups excluding carboxylic acids is 1. The number of hydrogen-bond donors (Lipinski definition) is 1. The van der Waals surface area contributed by atoms with E-state index >= 15 is 0 Å². The molecule has 6 heteroatoms. The van der Waals surface area contributed by atoms with E-state index in [4.69, 9.17) is 10.5 Å². The molecular formula is C11H14F2N2O2. The molecule has 1 aromatic rings. The van der Waals surface area contributed by atoms with E-state index in [1.165, 1.54) is 12.1 Å². The van der Waals surface area contributed by atoms with Crippen molar-refractivity contribution < 1.29 is 18.3 Å². The van der Waals surface area contributed by atoms with Gasteiger partial charge >= 0.3 is 5.97 Å².